The lowest BCUT2D eigenvalue weighted by molar-refractivity contribution is -0.118. The number of aryl methyl sites for hydroxylation is 1. The second kappa shape index (κ2) is 5.45. The van der Waals surface area contributed by atoms with E-state index in [9.17, 15) is 13.2 Å². The topological polar surface area (TPSA) is 116 Å². The lowest BCUT2D eigenvalue weighted by Crippen LogP contribution is -2.35. The van der Waals surface area contributed by atoms with Crippen molar-refractivity contribution < 1.29 is 17.9 Å². The van der Waals surface area contributed by atoms with E-state index in [1.54, 1.807) is 6.92 Å². The van der Waals surface area contributed by atoms with Gasteiger partial charge in [0.15, 0.2) is 0 Å². The van der Waals surface area contributed by atoms with Gasteiger partial charge in [-0.2, -0.15) is 4.31 Å². The quantitative estimate of drug-likeness (QED) is 0.721. The fourth-order valence-corrected chi connectivity index (χ4v) is 2.82. The van der Waals surface area contributed by atoms with Crippen LogP contribution in [0.25, 0.3) is 0 Å². The van der Waals surface area contributed by atoms with Crippen LogP contribution in [-0.2, 0) is 14.8 Å². The zero-order valence-electron chi connectivity index (χ0n) is 11.0. The highest BCUT2D eigenvalue weighted by Crippen LogP contribution is 2.30. The molecule has 8 heteroatoms. The van der Waals surface area contributed by atoms with Gasteiger partial charge in [-0.15, -0.1) is 0 Å². The van der Waals surface area contributed by atoms with Crippen LogP contribution >= 0.6 is 0 Å². The molecule has 0 bridgehead atoms. The number of rotatable bonds is 5. The fourth-order valence-electron chi connectivity index (χ4n) is 1.51. The first-order chi connectivity index (χ1) is 8.70. The molecule has 1 amide bonds. The number of nitrogens with zero attached hydrogens (tertiary/aromatic N) is 1. The van der Waals surface area contributed by atoms with Gasteiger partial charge in [0.05, 0.1) is 13.7 Å². The average Bonchev–Trinajstić information content (AvgIpc) is 2.30. The van der Waals surface area contributed by atoms with Crippen molar-refractivity contribution in [2.45, 2.75) is 11.8 Å². The number of sulfonamides is 1. The van der Waals surface area contributed by atoms with E-state index in [4.69, 9.17) is 16.2 Å². The summed E-state index contributed by atoms with van der Waals surface area (Å²) in [6.45, 7) is 1.32. The van der Waals surface area contributed by atoms with Crippen molar-refractivity contribution in [3.05, 3.63) is 17.7 Å². The summed E-state index contributed by atoms with van der Waals surface area (Å²) in [5.74, 6) is -0.576. The summed E-state index contributed by atoms with van der Waals surface area (Å²) >= 11 is 0. The lowest BCUT2D eigenvalue weighted by Gasteiger charge is -2.18. The minimum atomic E-state index is -3.89. The number of ether oxygens (including phenoxy) is 1. The minimum Gasteiger partial charge on any atom is -0.495 e. The number of primary amides is 1. The molecule has 7 nitrogen and oxygen atoms in total. The number of likely N-dealkylation sites (N-methyl/N-ethyl adjacent to an activating group) is 1. The molecular weight excluding hydrogens is 270 g/mol. The van der Waals surface area contributed by atoms with Crippen LogP contribution < -0.4 is 16.2 Å². The number of benzene rings is 1. The van der Waals surface area contributed by atoms with E-state index in [-0.39, 0.29) is 10.6 Å². The van der Waals surface area contributed by atoms with Crippen molar-refractivity contribution in [3.8, 4) is 5.75 Å². The zero-order valence-corrected chi connectivity index (χ0v) is 11.8. The summed E-state index contributed by atoms with van der Waals surface area (Å²) < 4.78 is 30.5. The van der Waals surface area contributed by atoms with Crippen molar-refractivity contribution in [1.82, 2.24) is 4.31 Å². The molecule has 0 unspecified atom stereocenters. The average molecular weight is 287 g/mol. The van der Waals surface area contributed by atoms with E-state index < -0.39 is 22.5 Å². The van der Waals surface area contributed by atoms with Gasteiger partial charge in [-0.25, -0.2) is 8.42 Å². The molecule has 0 aliphatic heterocycles. The van der Waals surface area contributed by atoms with Gasteiger partial charge in [0.1, 0.15) is 10.6 Å². The Labute approximate surface area is 112 Å². The normalized spacial score (nSPS) is 11.6. The molecule has 1 aromatic carbocycles. The summed E-state index contributed by atoms with van der Waals surface area (Å²) in [5, 5.41) is 0. The smallest absolute Gasteiger partial charge is 0.247 e. The van der Waals surface area contributed by atoms with Crippen molar-refractivity contribution in [3.63, 3.8) is 0 Å². The zero-order chi connectivity index (χ0) is 14.8. The summed E-state index contributed by atoms with van der Waals surface area (Å²) in [7, 11) is -1.27. The van der Waals surface area contributed by atoms with E-state index in [1.165, 1.54) is 26.3 Å². The number of hydrogen-bond donors (Lipinski definition) is 2. The first-order valence-electron chi connectivity index (χ1n) is 5.39. The number of carbonyl (C=O) groups is 1. The van der Waals surface area contributed by atoms with Gasteiger partial charge in [-0.05, 0) is 24.6 Å². The molecule has 0 atom stereocenters. The Morgan fingerprint density at radius 1 is 1.42 bits per heavy atom. The summed E-state index contributed by atoms with van der Waals surface area (Å²) in [5.41, 5.74) is 11.7. The maximum absolute atomic E-state index is 12.3. The number of methoxy groups -OCH3 is 1. The van der Waals surface area contributed by atoms with Crippen LogP contribution in [0.1, 0.15) is 5.56 Å². The van der Waals surface area contributed by atoms with Crippen molar-refractivity contribution in [2.24, 2.45) is 5.73 Å². The minimum absolute atomic E-state index is 0.0955. The van der Waals surface area contributed by atoms with Crippen LogP contribution in [0.5, 0.6) is 5.75 Å². The number of nitrogens with two attached hydrogens (primary N) is 2. The Bertz CT molecular complexity index is 598. The molecular formula is C11H17N3O4S. The van der Waals surface area contributed by atoms with Gasteiger partial charge < -0.3 is 16.2 Å². The second-order valence-corrected chi connectivity index (χ2v) is 6.10. The Balaban J connectivity index is 3.35. The predicted octanol–water partition coefficient (Wildman–Crippen LogP) is -0.308. The van der Waals surface area contributed by atoms with Crippen molar-refractivity contribution in [2.75, 3.05) is 26.4 Å². The highest BCUT2D eigenvalue weighted by atomic mass is 32.2. The molecule has 0 radical (unpaired) electrons. The van der Waals surface area contributed by atoms with Crippen molar-refractivity contribution >= 4 is 21.6 Å². The van der Waals surface area contributed by atoms with Gasteiger partial charge in [0, 0.05) is 12.7 Å². The molecule has 0 saturated carbocycles. The van der Waals surface area contributed by atoms with Crippen LogP contribution in [0.4, 0.5) is 5.69 Å². The Hall–Kier alpha value is -1.80. The molecule has 4 N–H and O–H groups in total. The fraction of sp³-hybridized carbons (Fsp3) is 0.364. The third kappa shape index (κ3) is 3.15. The van der Waals surface area contributed by atoms with E-state index in [1.807, 2.05) is 0 Å². The molecule has 1 aromatic rings. The molecule has 0 fully saturated rings. The third-order valence-corrected chi connectivity index (χ3v) is 4.44. The number of amides is 1. The third-order valence-electron chi connectivity index (χ3n) is 2.62. The van der Waals surface area contributed by atoms with Gasteiger partial charge in [0.25, 0.3) is 0 Å². The number of nitrogen functional groups attached to an aromatic ring is 1. The maximum Gasteiger partial charge on any atom is 0.247 e. The molecule has 0 saturated heterocycles. The number of anilines is 1. The van der Waals surface area contributed by atoms with Crippen LogP contribution in [0.2, 0.25) is 0 Å². The molecule has 106 valence electrons. The first-order valence-corrected chi connectivity index (χ1v) is 6.83. The summed E-state index contributed by atoms with van der Waals surface area (Å²) in [6, 6.07) is 2.83. The number of hydrogen-bond acceptors (Lipinski definition) is 5. The van der Waals surface area contributed by atoms with Crippen LogP contribution in [0.15, 0.2) is 17.0 Å². The molecule has 0 aromatic heterocycles. The van der Waals surface area contributed by atoms with E-state index in [0.717, 1.165) is 4.31 Å². The monoisotopic (exact) mass is 287 g/mol. The van der Waals surface area contributed by atoms with E-state index >= 15 is 0 Å². The highest BCUT2D eigenvalue weighted by Gasteiger charge is 2.26. The Morgan fingerprint density at radius 3 is 2.47 bits per heavy atom. The van der Waals surface area contributed by atoms with Gasteiger partial charge in [-0.1, -0.05) is 0 Å². The van der Waals surface area contributed by atoms with Gasteiger partial charge in [-0.3, -0.25) is 4.79 Å². The van der Waals surface area contributed by atoms with Crippen LogP contribution in [0, 0.1) is 6.92 Å². The van der Waals surface area contributed by atoms with Crippen LogP contribution in [0.3, 0.4) is 0 Å². The summed E-state index contributed by atoms with van der Waals surface area (Å²) in [6.07, 6.45) is 0. The molecule has 19 heavy (non-hydrogen) atoms. The van der Waals surface area contributed by atoms with Crippen molar-refractivity contribution in [1.29, 1.82) is 0 Å². The Morgan fingerprint density at radius 2 is 2.00 bits per heavy atom. The van der Waals surface area contributed by atoms with Gasteiger partial charge in [0.2, 0.25) is 15.9 Å². The molecule has 0 aliphatic carbocycles. The lowest BCUT2D eigenvalue weighted by atomic mass is 10.2. The maximum atomic E-state index is 12.3. The summed E-state index contributed by atoms with van der Waals surface area (Å²) in [4.78, 5) is 10.7. The SMILES string of the molecule is COc1cc(C)c(N)cc1S(=O)(=O)N(C)CC(N)=O. The first kappa shape index (κ1) is 15.3. The standard InChI is InChI=1S/C11H17N3O4S/c1-7-4-9(18-3)10(5-8(7)12)19(16,17)14(2)6-11(13)15/h4-5H,6,12H2,1-3H3,(H2,13,15). The molecule has 0 aliphatic rings. The Kier molecular flexibility index (Phi) is 4.38. The molecule has 0 spiro atoms. The van der Waals surface area contributed by atoms with Gasteiger partial charge >= 0.3 is 0 Å². The van der Waals surface area contributed by atoms with Crippen LogP contribution in [-0.4, -0.2) is 39.3 Å². The van der Waals surface area contributed by atoms with E-state index in [0.29, 0.717) is 11.3 Å². The predicted molar refractivity (Wildman–Crippen MR) is 71.2 cm³/mol. The van der Waals surface area contributed by atoms with E-state index in [2.05, 4.69) is 0 Å². The largest absolute Gasteiger partial charge is 0.495 e. The molecule has 1 rings (SSSR count). The second-order valence-electron chi connectivity index (χ2n) is 4.09. The molecule has 0 heterocycles. The highest BCUT2D eigenvalue weighted by molar-refractivity contribution is 7.89. The number of carbonyl (C=O) groups excluding carboxylic acids is 1.